The first-order chi connectivity index (χ1) is 8.30. The van der Waals surface area contributed by atoms with Gasteiger partial charge in [-0.05, 0) is 47.5 Å². The largest absolute Gasteiger partial charge is 0.244 e. The van der Waals surface area contributed by atoms with Crippen LogP contribution in [0.5, 0.6) is 0 Å². The Kier molecular flexibility index (Phi) is 4.91. The summed E-state index contributed by atoms with van der Waals surface area (Å²) in [6.45, 7) is 3.60. The molecular weight excluding hydrogens is 316 g/mol. The van der Waals surface area contributed by atoms with Crippen molar-refractivity contribution in [1.82, 2.24) is 4.31 Å². The fourth-order valence-electron chi connectivity index (χ4n) is 1.47. The summed E-state index contributed by atoms with van der Waals surface area (Å²) in [7, 11) is -2.08. The minimum atomic E-state index is -3.57. The molecule has 0 radical (unpaired) electrons. The zero-order valence-corrected chi connectivity index (χ0v) is 12.9. The van der Waals surface area contributed by atoms with Crippen molar-refractivity contribution in [3.63, 3.8) is 0 Å². The van der Waals surface area contributed by atoms with Gasteiger partial charge in [0.1, 0.15) is 0 Å². The lowest BCUT2D eigenvalue weighted by atomic mass is 10.2. The number of nitrogens with zero attached hydrogens (tertiary/aromatic N) is 2. The number of sulfonamides is 1. The van der Waals surface area contributed by atoms with Gasteiger partial charge in [-0.3, -0.25) is 0 Å². The number of hydrogen-bond acceptors (Lipinski definition) is 3. The summed E-state index contributed by atoms with van der Waals surface area (Å²) >= 11 is 3.27. The first kappa shape index (κ1) is 15.2. The molecule has 18 heavy (non-hydrogen) atoms. The number of rotatable bonds is 4. The minimum absolute atomic E-state index is 0.166. The second kappa shape index (κ2) is 5.83. The van der Waals surface area contributed by atoms with E-state index in [4.69, 9.17) is 5.26 Å². The Labute approximate surface area is 116 Å². The van der Waals surface area contributed by atoms with Crippen LogP contribution in [0.1, 0.15) is 18.9 Å². The van der Waals surface area contributed by atoms with Crippen molar-refractivity contribution in [2.45, 2.75) is 31.2 Å². The lowest BCUT2D eigenvalue weighted by Gasteiger charge is -2.23. The van der Waals surface area contributed by atoms with Crippen LogP contribution in [-0.4, -0.2) is 25.8 Å². The lowest BCUT2D eigenvalue weighted by Crippen LogP contribution is -2.35. The number of halogens is 1. The molecule has 1 aromatic rings. The van der Waals surface area contributed by atoms with E-state index in [-0.39, 0.29) is 17.4 Å². The van der Waals surface area contributed by atoms with Gasteiger partial charge in [-0.2, -0.15) is 9.57 Å². The summed E-state index contributed by atoms with van der Waals surface area (Å²) in [5.74, 6) is 0. The van der Waals surface area contributed by atoms with Crippen molar-refractivity contribution >= 4 is 26.0 Å². The van der Waals surface area contributed by atoms with Gasteiger partial charge in [-0.1, -0.05) is 6.07 Å². The zero-order chi connectivity index (χ0) is 13.9. The minimum Gasteiger partial charge on any atom is -0.207 e. The third-order valence-corrected chi connectivity index (χ3v) is 5.70. The highest BCUT2D eigenvalue weighted by Gasteiger charge is 2.26. The van der Waals surface area contributed by atoms with Crippen molar-refractivity contribution in [2.24, 2.45) is 0 Å². The first-order valence-electron chi connectivity index (χ1n) is 5.42. The lowest BCUT2D eigenvalue weighted by molar-refractivity contribution is 0.393. The smallest absolute Gasteiger partial charge is 0.207 e. The predicted molar refractivity (Wildman–Crippen MR) is 73.5 cm³/mol. The van der Waals surface area contributed by atoms with E-state index in [9.17, 15) is 8.42 Å². The van der Waals surface area contributed by atoms with Crippen LogP contribution >= 0.6 is 15.9 Å². The second-order valence-corrected chi connectivity index (χ2v) is 6.99. The average Bonchev–Trinajstić information content (AvgIpc) is 2.27. The maximum Gasteiger partial charge on any atom is 0.244 e. The molecule has 6 heteroatoms. The summed E-state index contributed by atoms with van der Waals surface area (Å²) in [5, 5.41) is 8.63. The summed E-state index contributed by atoms with van der Waals surface area (Å²) in [6.07, 6.45) is 0.166. The van der Waals surface area contributed by atoms with Crippen molar-refractivity contribution in [2.75, 3.05) is 7.05 Å². The quantitative estimate of drug-likeness (QED) is 0.852. The van der Waals surface area contributed by atoms with E-state index >= 15 is 0 Å². The summed E-state index contributed by atoms with van der Waals surface area (Å²) < 4.78 is 26.5. The van der Waals surface area contributed by atoms with Crippen LogP contribution in [0.4, 0.5) is 0 Å². The molecule has 0 aliphatic rings. The maximum atomic E-state index is 12.4. The Morgan fingerprint density at radius 1 is 1.50 bits per heavy atom. The van der Waals surface area contributed by atoms with Crippen LogP contribution in [0.3, 0.4) is 0 Å². The van der Waals surface area contributed by atoms with Crippen molar-refractivity contribution < 1.29 is 8.42 Å². The molecule has 0 aromatic heterocycles. The molecule has 0 fully saturated rings. The standard InChI is InChI=1S/C12H15BrN2O2S/c1-9-4-5-12(11(13)8-9)18(16,17)15(3)10(2)6-7-14/h4-5,8,10H,6H2,1-3H3. The summed E-state index contributed by atoms with van der Waals surface area (Å²) in [5.41, 5.74) is 0.980. The van der Waals surface area contributed by atoms with Gasteiger partial charge in [0.15, 0.2) is 0 Å². The molecule has 0 saturated heterocycles. The number of nitriles is 1. The Morgan fingerprint density at radius 3 is 2.61 bits per heavy atom. The summed E-state index contributed by atoms with van der Waals surface area (Å²) in [4.78, 5) is 0.223. The number of aryl methyl sites for hydroxylation is 1. The monoisotopic (exact) mass is 330 g/mol. The molecule has 0 amide bonds. The van der Waals surface area contributed by atoms with Crippen molar-refractivity contribution in [1.29, 1.82) is 5.26 Å². The second-order valence-electron chi connectivity index (χ2n) is 4.17. The van der Waals surface area contributed by atoms with Crippen LogP contribution in [0.2, 0.25) is 0 Å². The Morgan fingerprint density at radius 2 is 2.11 bits per heavy atom. The van der Waals surface area contributed by atoms with E-state index < -0.39 is 10.0 Å². The number of benzene rings is 1. The van der Waals surface area contributed by atoms with E-state index in [0.717, 1.165) is 5.56 Å². The molecule has 1 aromatic carbocycles. The van der Waals surface area contributed by atoms with Crippen molar-refractivity contribution in [3.05, 3.63) is 28.2 Å². The van der Waals surface area contributed by atoms with Gasteiger partial charge in [0.2, 0.25) is 10.0 Å². The van der Waals surface area contributed by atoms with E-state index in [1.54, 1.807) is 25.1 Å². The average molecular weight is 331 g/mol. The van der Waals surface area contributed by atoms with E-state index in [0.29, 0.717) is 4.47 Å². The topological polar surface area (TPSA) is 61.2 Å². The molecule has 0 N–H and O–H groups in total. The third-order valence-electron chi connectivity index (χ3n) is 2.75. The molecule has 0 aliphatic heterocycles. The molecule has 1 unspecified atom stereocenters. The fraction of sp³-hybridized carbons (Fsp3) is 0.417. The van der Waals surface area contributed by atoms with Gasteiger partial charge in [-0.25, -0.2) is 8.42 Å². The molecule has 0 bridgehead atoms. The van der Waals surface area contributed by atoms with Crippen LogP contribution < -0.4 is 0 Å². The highest BCUT2D eigenvalue weighted by Crippen LogP contribution is 2.26. The Bertz CT molecular complexity index is 578. The zero-order valence-electron chi connectivity index (χ0n) is 10.5. The Balaban J connectivity index is 3.18. The SMILES string of the molecule is Cc1ccc(S(=O)(=O)N(C)C(C)CC#N)c(Br)c1. The molecule has 1 atom stereocenters. The molecule has 4 nitrogen and oxygen atoms in total. The Hall–Kier alpha value is -0.900. The highest BCUT2D eigenvalue weighted by molar-refractivity contribution is 9.10. The molecular formula is C12H15BrN2O2S. The van der Waals surface area contributed by atoms with Crippen molar-refractivity contribution in [3.8, 4) is 6.07 Å². The maximum absolute atomic E-state index is 12.4. The van der Waals surface area contributed by atoms with E-state index in [1.807, 2.05) is 13.0 Å². The predicted octanol–water partition coefficient (Wildman–Crippen LogP) is 2.68. The van der Waals surface area contributed by atoms with Crippen LogP contribution in [0.15, 0.2) is 27.6 Å². The number of hydrogen-bond donors (Lipinski definition) is 0. The molecule has 98 valence electrons. The van der Waals surface area contributed by atoms with Gasteiger partial charge in [0.05, 0.1) is 17.4 Å². The molecule has 0 heterocycles. The van der Waals surface area contributed by atoms with Gasteiger partial charge >= 0.3 is 0 Å². The van der Waals surface area contributed by atoms with Gasteiger partial charge < -0.3 is 0 Å². The summed E-state index contributed by atoms with van der Waals surface area (Å²) in [6, 6.07) is 6.71. The molecule has 0 spiro atoms. The molecule has 0 saturated carbocycles. The van der Waals surface area contributed by atoms with Gasteiger partial charge in [0, 0.05) is 17.6 Å². The van der Waals surface area contributed by atoms with Gasteiger partial charge in [-0.15, -0.1) is 0 Å². The fourth-order valence-corrected chi connectivity index (χ4v) is 3.98. The first-order valence-corrected chi connectivity index (χ1v) is 7.65. The van der Waals surface area contributed by atoms with E-state index in [1.165, 1.54) is 11.4 Å². The molecule has 0 aliphatic carbocycles. The molecule has 1 rings (SSSR count). The van der Waals surface area contributed by atoms with E-state index in [2.05, 4.69) is 15.9 Å². The van der Waals surface area contributed by atoms with Crippen LogP contribution in [-0.2, 0) is 10.0 Å². The highest BCUT2D eigenvalue weighted by atomic mass is 79.9. The van der Waals surface area contributed by atoms with Crippen LogP contribution in [0.25, 0.3) is 0 Å². The normalized spacial score (nSPS) is 13.3. The third kappa shape index (κ3) is 3.10. The van der Waals surface area contributed by atoms with Crippen LogP contribution in [0, 0.1) is 18.3 Å². The van der Waals surface area contributed by atoms with Gasteiger partial charge in [0.25, 0.3) is 0 Å².